The van der Waals surface area contributed by atoms with Crippen LogP contribution in [0.2, 0.25) is 5.02 Å². The van der Waals surface area contributed by atoms with E-state index >= 15 is 0 Å². The van der Waals surface area contributed by atoms with Crippen molar-refractivity contribution in [2.45, 2.75) is 23.2 Å². The summed E-state index contributed by atoms with van der Waals surface area (Å²) in [5.74, 6) is 0.544. The van der Waals surface area contributed by atoms with E-state index in [1.807, 2.05) is 6.07 Å². The SMILES string of the molecule is COc1ccc(C2=CC3(C=C2c2ccc(S(=O)(=O)C(F)(F)F)cc2)CC3)cc1Cl. The van der Waals surface area contributed by atoms with Gasteiger partial charge in [-0.2, -0.15) is 13.2 Å². The highest BCUT2D eigenvalue weighted by Gasteiger charge is 2.47. The topological polar surface area (TPSA) is 43.4 Å². The second-order valence-corrected chi connectivity index (χ2v) is 9.52. The Bertz CT molecular complexity index is 1140. The maximum Gasteiger partial charge on any atom is 0.501 e. The van der Waals surface area contributed by atoms with Crippen molar-refractivity contribution in [2.75, 3.05) is 7.11 Å². The molecule has 29 heavy (non-hydrogen) atoms. The van der Waals surface area contributed by atoms with E-state index in [0.717, 1.165) is 41.7 Å². The first-order valence-electron chi connectivity index (χ1n) is 8.78. The van der Waals surface area contributed by atoms with Crippen LogP contribution in [-0.2, 0) is 9.84 Å². The lowest BCUT2D eigenvalue weighted by atomic mass is 9.95. The lowest BCUT2D eigenvalue weighted by molar-refractivity contribution is -0.0436. The Morgan fingerprint density at radius 3 is 2.00 bits per heavy atom. The van der Waals surface area contributed by atoms with E-state index in [0.29, 0.717) is 16.3 Å². The predicted octanol–water partition coefficient (Wildman–Crippen LogP) is 5.90. The summed E-state index contributed by atoms with van der Waals surface area (Å²) in [4.78, 5) is -0.772. The summed E-state index contributed by atoms with van der Waals surface area (Å²) >= 11 is 6.26. The maximum atomic E-state index is 12.8. The van der Waals surface area contributed by atoms with Gasteiger partial charge < -0.3 is 4.74 Å². The normalized spacial score (nSPS) is 17.8. The third kappa shape index (κ3) is 3.46. The van der Waals surface area contributed by atoms with Crippen LogP contribution in [0.1, 0.15) is 24.0 Å². The fraction of sp³-hybridized carbons (Fsp3) is 0.238. The largest absolute Gasteiger partial charge is 0.501 e. The Hall–Kier alpha value is -2.25. The zero-order valence-corrected chi connectivity index (χ0v) is 16.8. The molecule has 0 aliphatic heterocycles. The Balaban J connectivity index is 1.73. The molecular formula is C21H16ClF3O3S. The van der Waals surface area contributed by atoms with Gasteiger partial charge in [-0.05, 0) is 59.4 Å². The molecule has 152 valence electrons. The Morgan fingerprint density at radius 2 is 1.52 bits per heavy atom. The number of rotatable bonds is 4. The van der Waals surface area contributed by atoms with Crippen molar-refractivity contribution in [3.63, 3.8) is 0 Å². The van der Waals surface area contributed by atoms with Gasteiger partial charge in [0.25, 0.3) is 9.84 Å². The van der Waals surface area contributed by atoms with Gasteiger partial charge in [0.1, 0.15) is 5.75 Å². The summed E-state index contributed by atoms with van der Waals surface area (Å²) in [6.45, 7) is 0. The zero-order valence-electron chi connectivity index (χ0n) is 15.3. The van der Waals surface area contributed by atoms with Crippen molar-refractivity contribution in [2.24, 2.45) is 5.41 Å². The van der Waals surface area contributed by atoms with Gasteiger partial charge in [0.2, 0.25) is 0 Å². The fourth-order valence-corrected chi connectivity index (χ4v) is 4.48. The van der Waals surface area contributed by atoms with Crippen LogP contribution in [0.5, 0.6) is 5.75 Å². The highest BCUT2D eigenvalue weighted by atomic mass is 35.5. The number of allylic oxidation sites excluding steroid dienone is 4. The number of hydrogen-bond donors (Lipinski definition) is 0. The van der Waals surface area contributed by atoms with Crippen molar-refractivity contribution in [3.05, 3.63) is 70.8 Å². The van der Waals surface area contributed by atoms with Crippen LogP contribution in [-0.4, -0.2) is 21.0 Å². The minimum absolute atomic E-state index is 0.0478. The van der Waals surface area contributed by atoms with Crippen molar-refractivity contribution < 1.29 is 26.3 Å². The van der Waals surface area contributed by atoms with Crippen molar-refractivity contribution in [1.29, 1.82) is 0 Å². The summed E-state index contributed by atoms with van der Waals surface area (Å²) in [5.41, 5.74) is -2.11. The van der Waals surface area contributed by atoms with Crippen molar-refractivity contribution >= 4 is 32.6 Å². The number of hydrogen-bond acceptors (Lipinski definition) is 3. The van der Waals surface area contributed by atoms with E-state index in [1.54, 1.807) is 12.1 Å². The quantitative estimate of drug-likeness (QED) is 0.594. The van der Waals surface area contributed by atoms with E-state index in [2.05, 4.69) is 12.2 Å². The average Bonchev–Trinajstić information content (AvgIpc) is 3.31. The molecule has 3 nitrogen and oxygen atoms in total. The lowest BCUT2D eigenvalue weighted by Crippen LogP contribution is -2.23. The van der Waals surface area contributed by atoms with Crippen molar-refractivity contribution in [1.82, 2.24) is 0 Å². The van der Waals surface area contributed by atoms with Crippen LogP contribution < -0.4 is 4.74 Å². The molecule has 2 aliphatic rings. The molecule has 1 saturated carbocycles. The summed E-state index contributed by atoms with van der Waals surface area (Å²) in [6.07, 6.45) is 6.21. The van der Waals surface area contributed by atoms with Gasteiger partial charge in [-0.1, -0.05) is 42.0 Å². The standard InChI is InChI=1S/C21H16ClF3O3S/c1-28-19-7-4-14(10-18(19)22)17-12-20(8-9-20)11-16(17)13-2-5-15(6-3-13)29(26,27)21(23,24)25/h2-7,10-12H,8-9H2,1H3. The van der Waals surface area contributed by atoms with Crippen molar-refractivity contribution in [3.8, 4) is 5.75 Å². The molecule has 4 rings (SSSR count). The highest BCUT2D eigenvalue weighted by Crippen LogP contribution is 2.58. The highest BCUT2D eigenvalue weighted by molar-refractivity contribution is 7.92. The molecule has 0 bridgehead atoms. The molecule has 1 fully saturated rings. The van der Waals surface area contributed by atoms with Gasteiger partial charge >= 0.3 is 5.51 Å². The van der Waals surface area contributed by atoms with E-state index in [4.69, 9.17) is 16.3 Å². The first kappa shape index (κ1) is 20.0. The van der Waals surface area contributed by atoms with E-state index in [9.17, 15) is 21.6 Å². The molecule has 2 aromatic carbocycles. The van der Waals surface area contributed by atoms with Crippen LogP contribution in [0.4, 0.5) is 13.2 Å². The molecule has 8 heteroatoms. The average molecular weight is 441 g/mol. The maximum absolute atomic E-state index is 12.8. The molecule has 2 aliphatic carbocycles. The Labute approximate surface area is 171 Å². The minimum atomic E-state index is -5.37. The van der Waals surface area contributed by atoms with Crippen LogP contribution in [0, 0.1) is 5.41 Å². The molecule has 0 saturated heterocycles. The van der Waals surface area contributed by atoms with Crippen LogP contribution >= 0.6 is 11.6 Å². The summed E-state index contributed by atoms with van der Waals surface area (Å²) < 4.78 is 66.7. The third-order valence-electron chi connectivity index (χ3n) is 5.22. The fourth-order valence-electron chi connectivity index (χ4n) is 3.46. The van der Waals surface area contributed by atoms with Crippen LogP contribution in [0.15, 0.2) is 59.5 Å². The van der Waals surface area contributed by atoms with Crippen LogP contribution in [0.25, 0.3) is 11.1 Å². The monoisotopic (exact) mass is 440 g/mol. The second kappa shape index (κ2) is 6.64. The number of sulfone groups is 1. The Kier molecular flexibility index (Phi) is 4.59. The molecule has 0 unspecified atom stereocenters. The first-order chi connectivity index (χ1) is 13.6. The molecule has 0 heterocycles. The molecule has 0 N–H and O–H groups in total. The number of halogens is 4. The number of methoxy groups -OCH3 is 1. The van der Waals surface area contributed by atoms with Gasteiger partial charge in [-0.3, -0.25) is 0 Å². The van der Waals surface area contributed by atoms with Crippen LogP contribution in [0.3, 0.4) is 0 Å². The molecule has 0 radical (unpaired) electrons. The molecule has 2 aromatic rings. The smallest absolute Gasteiger partial charge is 0.495 e. The van der Waals surface area contributed by atoms with E-state index in [1.165, 1.54) is 19.2 Å². The lowest BCUT2D eigenvalue weighted by Gasteiger charge is -2.13. The molecule has 1 spiro atoms. The van der Waals surface area contributed by atoms with Gasteiger partial charge in [0, 0.05) is 5.41 Å². The zero-order chi connectivity index (χ0) is 21.0. The molecule has 0 atom stereocenters. The van der Waals surface area contributed by atoms with Gasteiger partial charge in [-0.25, -0.2) is 8.42 Å². The third-order valence-corrected chi connectivity index (χ3v) is 7.02. The number of benzene rings is 2. The summed E-state index contributed by atoms with van der Waals surface area (Å²) in [5, 5.41) is 0.452. The summed E-state index contributed by atoms with van der Waals surface area (Å²) in [7, 11) is -3.85. The van der Waals surface area contributed by atoms with E-state index < -0.39 is 20.2 Å². The first-order valence-corrected chi connectivity index (χ1v) is 10.6. The predicted molar refractivity (Wildman–Crippen MR) is 105 cm³/mol. The second-order valence-electron chi connectivity index (χ2n) is 7.17. The number of ether oxygens (including phenoxy) is 1. The van der Waals surface area contributed by atoms with Gasteiger partial charge in [0.05, 0.1) is 17.0 Å². The minimum Gasteiger partial charge on any atom is -0.495 e. The van der Waals surface area contributed by atoms with Gasteiger partial charge in [0.15, 0.2) is 0 Å². The molecule has 0 aromatic heterocycles. The summed E-state index contributed by atoms with van der Waals surface area (Å²) in [6, 6.07) is 10.2. The van der Waals surface area contributed by atoms with Gasteiger partial charge in [-0.15, -0.1) is 0 Å². The Morgan fingerprint density at radius 1 is 0.966 bits per heavy atom. The van der Waals surface area contributed by atoms with E-state index in [-0.39, 0.29) is 5.41 Å². The number of alkyl halides is 3. The molecule has 0 amide bonds. The molecular weight excluding hydrogens is 425 g/mol.